The number of ketones is 2. The lowest BCUT2D eigenvalue weighted by Crippen LogP contribution is -2.36. The van der Waals surface area contributed by atoms with Crippen molar-refractivity contribution in [2.24, 2.45) is 11.7 Å². The van der Waals surface area contributed by atoms with Crippen LogP contribution in [-0.4, -0.2) is 35.2 Å². The molecule has 2 aromatic heterocycles. The van der Waals surface area contributed by atoms with E-state index in [-0.39, 0.29) is 24.0 Å². The van der Waals surface area contributed by atoms with Crippen molar-refractivity contribution in [1.82, 2.24) is 4.98 Å². The number of rotatable bonds is 6. The molecular formula is C20H18N4O4S2. The highest BCUT2D eigenvalue weighted by Crippen LogP contribution is 2.32. The third-order valence-corrected chi connectivity index (χ3v) is 6.80. The molecule has 1 saturated heterocycles. The highest BCUT2D eigenvalue weighted by atomic mass is 32.1. The lowest BCUT2D eigenvalue weighted by atomic mass is 9.93. The van der Waals surface area contributed by atoms with Gasteiger partial charge in [-0.15, -0.1) is 11.3 Å². The van der Waals surface area contributed by atoms with Gasteiger partial charge < -0.3 is 21.5 Å². The van der Waals surface area contributed by atoms with E-state index < -0.39 is 17.9 Å². The second-order valence-corrected chi connectivity index (χ2v) is 8.74. The number of Topliss-reactive ketones (excluding diaryl/α,β-unsaturated/α-hetero) is 1. The number of carbonyl (C=O) groups excluding carboxylic acids is 3. The smallest absolute Gasteiger partial charge is 0.323 e. The number of hydrogen-bond donors (Lipinski definition) is 3. The van der Waals surface area contributed by atoms with E-state index in [1.807, 2.05) is 18.4 Å². The number of thiophene rings is 1. The monoisotopic (exact) mass is 442 g/mol. The van der Waals surface area contributed by atoms with Crippen LogP contribution in [0.4, 0.5) is 16.6 Å². The van der Waals surface area contributed by atoms with Crippen molar-refractivity contribution in [3.63, 3.8) is 0 Å². The molecule has 3 aromatic rings. The molecule has 10 heteroatoms. The van der Waals surface area contributed by atoms with Crippen LogP contribution in [0.15, 0.2) is 35.7 Å². The first kappa shape index (κ1) is 20.2. The maximum Gasteiger partial charge on any atom is 0.323 e. The topological polar surface area (TPSA) is 137 Å². The Morgan fingerprint density at radius 3 is 2.53 bits per heavy atom. The van der Waals surface area contributed by atoms with E-state index in [9.17, 15) is 14.4 Å². The van der Waals surface area contributed by atoms with Gasteiger partial charge in [-0.1, -0.05) is 11.3 Å². The zero-order valence-corrected chi connectivity index (χ0v) is 17.5. The molecule has 4 rings (SSSR count). The number of esters is 1. The van der Waals surface area contributed by atoms with E-state index in [2.05, 4.69) is 10.3 Å². The Morgan fingerprint density at radius 1 is 1.20 bits per heavy atom. The molecule has 5 N–H and O–H groups in total. The van der Waals surface area contributed by atoms with Gasteiger partial charge in [-0.25, -0.2) is 4.98 Å². The fourth-order valence-corrected chi connectivity index (χ4v) is 4.87. The molecule has 2 atom stereocenters. The normalized spacial score (nSPS) is 18.3. The molecule has 1 fully saturated rings. The Labute approximate surface area is 179 Å². The lowest BCUT2D eigenvalue weighted by Gasteiger charge is -2.10. The number of hydrogen-bond acceptors (Lipinski definition) is 10. The van der Waals surface area contributed by atoms with E-state index in [1.54, 1.807) is 24.3 Å². The van der Waals surface area contributed by atoms with E-state index >= 15 is 0 Å². The molecule has 0 spiro atoms. The number of nitrogen functional groups attached to an aromatic ring is 1. The third-order valence-electron chi connectivity index (χ3n) is 4.80. The van der Waals surface area contributed by atoms with Crippen molar-refractivity contribution in [3.05, 3.63) is 56.6 Å². The number of anilines is 3. The molecule has 0 aliphatic carbocycles. The summed E-state index contributed by atoms with van der Waals surface area (Å²) in [6, 6.07) is 7.64. The zero-order chi connectivity index (χ0) is 21.4. The standard InChI is InChI=1S/C20H18N4O4S2/c1-9-6-7-29-16(9)15(26)17-18(22)24-20(30-17)23-11-4-2-10(3-5-11)14(25)12-8-28-19(27)13(12)21/h2-7,12-13H,8,21-22H2,1H3,(H,23,24)/t12?,13-/m0/s1. The molecule has 1 aromatic carbocycles. The maximum atomic E-state index is 12.7. The minimum Gasteiger partial charge on any atom is -0.464 e. The summed E-state index contributed by atoms with van der Waals surface area (Å²) < 4.78 is 4.85. The Hall–Kier alpha value is -3.08. The predicted octanol–water partition coefficient (Wildman–Crippen LogP) is 2.75. The number of thiazole rings is 1. The molecule has 0 bridgehead atoms. The number of nitrogens with two attached hydrogens (primary N) is 2. The van der Waals surface area contributed by atoms with Crippen LogP contribution in [0, 0.1) is 12.8 Å². The number of aryl methyl sites for hydroxylation is 1. The van der Waals surface area contributed by atoms with Crippen molar-refractivity contribution in [2.45, 2.75) is 13.0 Å². The van der Waals surface area contributed by atoms with Crippen molar-refractivity contribution >= 4 is 56.8 Å². The highest BCUT2D eigenvalue weighted by Gasteiger charge is 2.39. The average molecular weight is 443 g/mol. The average Bonchev–Trinajstić information content (AvgIpc) is 3.41. The van der Waals surface area contributed by atoms with Gasteiger partial charge in [-0.05, 0) is 48.2 Å². The summed E-state index contributed by atoms with van der Waals surface area (Å²) >= 11 is 2.55. The van der Waals surface area contributed by atoms with E-state index in [1.165, 1.54) is 22.7 Å². The lowest BCUT2D eigenvalue weighted by molar-refractivity contribution is -0.139. The Kier molecular flexibility index (Phi) is 5.37. The molecule has 8 nitrogen and oxygen atoms in total. The molecule has 0 radical (unpaired) electrons. The molecule has 30 heavy (non-hydrogen) atoms. The van der Waals surface area contributed by atoms with Crippen LogP contribution in [0.1, 0.15) is 30.5 Å². The Bertz CT molecular complexity index is 1140. The first-order chi connectivity index (χ1) is 14.3. The molecule has 1 aliphatic rings. The van der Waals surface area contributed by atoms with Crippen LogP contribution < -0.4 is 16.8 Å². The van der Waals surface area contributed by atoms with E-state index in [0.29, 0.717) is 26.1 Å². The van der Waals surface area contributed by atoms with Gasteiger partial charge in [0.1, 0.15) is 23.3 Å². The van der Waals surface area contributed by atoms with Gasteiger partial charge in [0.15, 0.2) is 10.9 Å². The molecule has 0 amide bonds. The van der Waals surface area contributed by atoms with E-state index in [4.69, 9.17) is 16.2 Å². The van der Waals surface area contributed by atoms with Gasteiger partial charge in [0.05, 0.1) is 10.8 Å². The Morgan fingerprint density at radius 2 is 1.93 bits per heavy atom. The number of cyclic esters (lactones) is 1. The van der Waals surface area contributed by atoms with Crippen molar-refractivity contribution in [3.8, 4) is 0 Å². The zero-order valence-electron chi connectivity index (χ0n) is 15.9. The summed E-state index contributed by atoms with van der Waals surface area (Å²) in [5, 5.41) is 5.43. The first-order valence-electron chi connectivity index (χ1n) is 9.03. The summed E-state index contributed by atoms with van der Waals surface area (Å²) in [5.74, 6) is -1.44. The number of ether oxygens (including phenoxy) is 1. The summed E-state index contributed by atoms with van der Waals surface area (Å²) in [6.07, 6.45) is 0. The van der Waals surface area contributed by atoms with Gasteiger partial charge in [-0.2, -0.15) is 0 Å². The van der Waals surface area contributed by atoms with Crippen LogP contribution in [0.25, 0.3) is 0 Å². The summed E-state index contributed by atoms with van der Waals surface area (Å²) in [7, 11) is 0. The van der Waals surface area contributed by atoms with Crippen LogP contribution in [-0.2, 0) is 9.53 Å². The van der Waals surface area contributed by atoms with Crippen LogP contribution in [0.5, 0.6) is 0 Å². The van der Waals surface area contributed by atoms with Crippen molar-refractivity contribution in [1.29, 1.82) is 0 Å². The molecule has 1 aliphatic heterocycles. The third kappa shape index (κ3) is 3.72. The minimum absolute atomic E-state index is 0.00224. The van der Waals surface area contributed by atoms with Gasteiger partial charge in [-0.3, -0.25) is 14.4 Å². The van der Waals surface area contributed by atoms with Crippen LogP contribution in [0.2, 0.25) is 0 Å². The molecule has 3 heterocycles. The number of carbonyl (C=O) groups is 3. The fourth-order valence-electron chi connectivity index (χ4n) is 3.09. The van der Waals surface area contributed by atoms with Crippen molar-refractivity contribution < 1.29 is 19.1 Å². The number of nitrogens with zero attached hydrogens (tertiary/aromatic N) is 1. The largest absolute Gasteiger partial charge is 0.464 e. The minimum atomic E-state index is -0.934. The van der Waals surface area contributed by atoms with Crippen molar-refractivity contribution in [2.75, 3.05) is 17.7 Å². The first-order valence-corrected chi connectivity index (χ1v) is 10.7. The quantitative estimate of drug-likeness (QED) is 0.391. The number of nitrogens with one attached hydrogen (secondary N) is 1. The number of benzene rings is 1. The summed E-state index contributed by atoms with van der Waals surface area (Å²) in [5.41, 5.74) is 13.7. The Balaban J connectivity index is 1.48. The number of aromatic nitrogens is 1. The molecule has 1 unspecified atom stereocenters. The second kappa shape index (κ2) is 7.98. The summed E-state index contributed by atoms with van der Waals surface area (Å²) in [4.78, 5) is 41.9. The maximum absolute atomic E-state index is 12.7. The highest BCUT2D eigenvalue weighted by molar-refractivity contribution is 7.19. The van der Waals surface area contributed by atoms with E-state index in [0.717, 1.165) is 5.56 Å². The fraction of sp³-hybridized carbons (Fsp3) is 0.200. The van der Waals surface area contributed by atoms with Gasteiger partial charge in [0.25, 0.3) is 0 Å². The molecule has 154 valence electrons. The second-order valence-electron chi connectivity index (χ2n) is 6.82. The van der Waals surface area contributed by atoms with Gasteiger partial charge >= 0.3 is 5.97 Å². The molecular weight excluding hydrogens is 424 g/mol. The predicted molar refractivity (Wildman–Crippen MR) is 115 cm³/mol. The van der Waals surface area contributed by atoms with Crippen LogP contribution >= 0.6 is 22.7 Å². The van der Waals surface area contributed by atoms with Gasteiger partial charge in [0.2, 0.25) is 5.78 Å². The SMILES string of the molecule is Cc1ccsc1C(=O)c1sc(Nc2ccc(C(=O)C3COC(=O)[C@H]3N)cc2)nc1N. The summed E-state index contributed by atoms with van der Waals surface area (Å²) in [6.45, 7) is 1.88. The van der Waals surface area contributed by atoms with Gasteiger partial charge in [0, 0.05) is 11.3 Å². The van der Waals surface area contributed by atoms with Crippen LogP contribution in [0.3, 0.4) is 0 Å². The molecule has 0 saturated carbocycles.